The molecule has 2 aromatic rings. The Hall–Kier alpha value is -1.46. The van der Waals surface area contributed by atoms with Gasteiger partial charge < -0.3 is 5.11 Å². The number of benzene rings is 1. The van der Waals surface area contributed by atoms with Gasteiger partial charge in [0.25, 0.3) is 0 Å². The van der Waals surface area contributed by atoms with E-state index in [1.165, 1.54) is 4.70 Å². The summed E-state index contributed by atoms with van der Waals surface area (Å²) in [5.74, 6) is -0.892. The van der Waals surface area contributed by atoms with E-state index in [-0.39, 0.29) is 5.92 Å². The first kappa shape index (κ1) is 12.6. The molecule has 0 radical (unpaired) electrons. The number of likely N-dealkylation sites (tertiary alicyclic amines) is 1. The van der Waals surface area contributed by atoms with Crippen LogP contribution in [0.5, 0.6) is 0 Å². The molecular formula is C14H16N2O2S. The molecule has 4 nitrogen and oxygen atoms in total. The van der Waals surface area contributed by atoms with Crippen LogP contribution in [0.25, 0.3) is 10.2 Å². The van der Waals surface area contributed by atoms with Crippen molar-refractivity contribution in [1.29, 1.82) is 0 Å². The van der Waals surface area contributed by atoms with Crippen LogP contribution in [0.2, 0.25) is 0 Å². The summed E-state index contributed by atoms with van der Waals surface area (Å²) in [6.45, 7) is 2.38. The molecule has 5 heteroatoms. The fourth-order valence-corrected chi connectivity index (χ4v) is 3.59. The van der Waals surface area contributed by atoms with Gasteiger partial charge in [0, 0.05) is 6.54 Å². The molecule has 1 saturated heterocycles. The standard InChI is InChI=1S/C14H16N2O2S/c17-14(18)10-4-3-7-16(8-10)9-13-15-11-5-1-2-6-12(11)19-13/h1-2,5-6,10H,3-4,7-9H2,(H,17,18). The molecule has 0 bridgehead atoms. The zero-order valence-corrected chi connectivity index (χ0v) is 11.4. The van der Waals surface area contributed by atoms with Gasteiger partial charge in [-0.1, -0.05) is 12.1 Å². The van der Waals surface area contributed by atoms with Crippen molar-refractivity contribution in [3.05, 3.63) is 29.3 Å². The average molecular weight is 276 g/mol. The Morgan fingerprint density at radius 3 is 3.11 bits per heavy atom. The Balaban J connectivity index is 1.72. The highest BCUT2D eigenvalue weighted by atomic mass is 32.1. The minimum atomic E-state index is -0.672. The summed E-state index contributed by atoms with van der Waals surface area (Å²) in [6, 6.07) is 8.11. The summed E-state index contributed by atoms with van der Waals surface area (Å²) >= 11 is 1.70. The van der Waals surface area contributed by atoms with E-state index in [2.05, 4.69) is 16.0 Å². The number of fused-ring (bicyclic) bond motifs is 1. The van der Waals surface area contributed by atoms with Crippen molar-refractivity contribution < 1.29 is 9.90 Å². The lowest BCUT2D eigenvalue weighted by atomic mass is 9.98. The molecule has 1 aliphatic heterocycles. The third-order valence-corrected chi connectivity index (χ3v) is 4.57. The number of carboxylic acid groups (broad SMARTS) is 1. The summed E-state index contributed by atoms with van der Waals surface area (Å²) in [5, 5.41) is 10.2. The number of nitrogens with zero attached hydrogens (tertiary/aromatic N) is 2. The molecule has 1 fully saturated rings. The van der Waals surface area contributed by atoms with E-state index in [0.29, 0.717) is 6.54 Å². The van der Waals surface area contributed by atoms with E-state index in [1.54, 1.807) is 11.3 Å². The van der Waals surface area contributed by atoms with Gasteiger partial charge in [0.15, 0.2) is 0 Å². The quantitative estimate of drug-likeness (QED) is 0.936. The number of piperidine rings is 1. The van der Waals surface area contributed by atoms with Gasteiger partial charge in [-0.2, -0.15) is 0 Å². The van der Waals surface area contributed by atoms with Crippen molar-refractivity contribution in [1.82, 2.24) is 9.88 Å². The van der Waals surface area contributed by atoms with Crippen LogP contribution in [0.4, 0.5) is 0 Å². The van der Waals surface area contributed by atoms with Crippen LogP contribution < -0.4 is 0 Å². The fourth-order valence-electron chi connectivity index (χ4n) is 2.58. The number of para-hydroxylation sites is 1. The number of hydrogen-bond acceptors (Lipinski definition) is 4. The van der Waals surface area contributed by atoms with Crippen LogP contribution in [0.15, 0.2) is 24.3 Å². The van der Waals surface area contributed by atoms with Gasteiger partial charge in [-0.05, 0) is 31.5 Å². The number of aromatic nitrogens is 1. The summed E-state index contributed by atoms with van der Waals surface area (Å²) in [4.78, 5) is 17.9. The molecule has 100 valence electrons. The van der Waals surface area contributed by atoms with Crippen molar-refractivity contribution >= 4 is 27.5 Å². The first-order chi connectivity index (χ1) is 9.22. The second kappa shape index (κ2) is 5.27. The van der Waals surface area contributed by atoms with Crippen LogP contribution in [-0.4, -0.2) is 34.0 Å². The lowest BCUT2D eigenvalue weighted by Crippen LogP contribution is -2.38. The normalized spacial score (nSPS) is 20.7. The summed E-state index contributed by atoms with van der Waals surface area (Å²) in [7, 11) is 0. The number of rotatable bonds is 3. The third-order valence-electron chi connectivity index (χ3n) is 3.55. The molecule has 19 heavy (non-hydrogen) atoms. The predicted octanol–water partition coefficient (Wildman–Crippen LogP) is 2.59. The summed E-state index contributed by atoms with van der Waals surface area (Å²) in [6.07, 6.45) is 1.76. The molecule has 0 saturated carbocycles. The summed E-state index contributed by atoms with van der Waals surface area (Å²) < 4.78 is 1.20. The second-order valence-electron chi connectivity index (χ2n) is 4.99. The highest BCUT2D eigenvalue weighted by molar-refractivity contribution is 7.18. The van der Waals surface area contributed by atoms with Crippen molar-refractivity contribution in [2.75, 3.05) is 13.1 Å². The zero-order valence-electron chi connectivity index (χ0n) is 10.6. The lowest BCUT2D eigenvalue weighted by Gasteiger charge is -2.29. The van der Waals surface area contributed by atoms with Gasteiger partial charge in [0.05, 0.1) is 22.7 Å². The third kappa shape index (κ3) is 2.77. The topological polar surface area (TPSA) is 53.4 Å². The number of carbonyl (C=O) groups is 1. The largest absolute Gasteiger partial charge is 0.481 e. The maximum Gasteiger partial charge on any atom is 0.307 e. The maximum absolute atomic E-state index is 11.1. The number of hydrogen-bond donors (Lipinski definition) is 1. The minimum absolute atomic E-state index is 0.219. The highest BCUT2D eigenvalue weighted by Gasteiger charge is 2.25. The van der Waals surface area contributed by atoms with Crippen molar-refractivity contribution in [2.45, 2.75) is 19.4 Å². The molecule has 0 spiro atoms. The Kier molecular flexibility index (Phi) is 3.48. The second-order valence-corrected chi connectivity index (χ2v) is 6.10. The van der Waals surface area contributed by atoms with Crippen LogP contribution in [-0.2, 0) is 11.3 Å². The molecule has 1 atom stereocenters. The molecule has 1 unspecified atom stereocenters. The molecule has 0 amide bonds. The number of aliphatic carboxylic acids is 1. The van der Waals surface area contributed by atoms with Gasteiger partial charge >= 0.3 is 5.97 Å². The van der Waals surface area contributed by atoms with Crippen LogP contribution in [0, 0.1) is 5.92 Å². The van der Waals surface area contributed by atoms with E-state index in [9.17, 15) is 4.79 Å². The Morgan fingerprint density at radius 2 is 2.32 bits per heavy atom. The van der Waals surface area contributed by atoms with Gasteiger partial charge in [-0.3, -0.25) is 9.69 Å². The van der Waals surface area contributed by atoms with E-state index in [4.69, 9.17) is 5.11 Å². The number of carboxylic acids is 1. The highest BCUT2D eigenvalue weighted by Crippen LogP contribution is 2.24. The Labute approximate surface area is 115 Å². The summed E-state index contributed by atoms with van der Waals surface area (Å²) in [5.41, 5.74) is 1.04. The fraction of sp³-hybridized carbons (Fsp3) is 0.429. The first-order valence-corrected chi connectivity index (χ1v) is 7.33. The van der Waals surface area contributed by atoms with Crippen LogP contribution in [0.3, 0.4) is 0 Å². The molecule has 3 rings (SSSR count). The first-order valence-electron chi connectivity index (χ1n) is 6.52. The molecule has 0 aliphatic carbocycles. The van der Waals surface area contributed by atoms with E-state index in [1.807, 2.05) is 18.2 Å². The smallest absolute Gasteiger partial charge is 0.307 e. The predicted molar refractivity (Wildman–Crippen MR) is 75.3 cm³/mol. The maximum atomic E-state index is 11.1. The number of thiazole rings is 1. The Morgan fingerprint density at radius 1 is 1.47 bits per heavy atom. The van der Waals surface area contributed by atoms with Gasteiger partial charge in [-0.25, -0.2) is 4.98 Å². The average Bonchev–Trinajstić information content (AvgIpc) is 2.81. The van der Waals surface area contributed by atoms with Crippen molar-refractivity contribution in [3.63, 3.8) is 0 Å². The lowest BCUT2D eigenvalue weighted by molar-refractivity contribution is -0.143. The SMILES string of the molecule is O=C(O)C1CCCN(Cc2nc3ccccc3s2)C1. The van der Waals surface area contributed by atoms with E-state index >= 15 is 0 Å². The van der Waals surface area contributed by atoms with Gasteiger partial charge in [-0.15, -0.1) is 11.3 Å². The van der Waals surface area contributed by atoms with Gasteiger partial charge in [0.2, 0.25) is 0 Å². The van der Waals surface area contributed by atoms with Crippen molar-refractivity contribution in [3.8, 4) is 0 Å². The van der Waals surface area contributed by atoms with E-state index in [0.717, 1.165) is 36.5 Å². The molecule has 1 aromatic heterocycles. The molecule has 1 N–H and O–H groups in total. The van der Waals surface area contributed by atoms with E-state index < -0.39 is 5.97 Å². The molecule has 1 aromatic carbocycles. The monoisotopic (exact) mass is 276 g/mol. The zero-order chi connectivity index (χ0) is 13.2. The van der Waals surface area contributed by atoms with Crippen molar-refractivity contribution in [2.24, 2.45) is 5.92 Å². The molecule has 2 heterocycles. The van der Waals surface area contributed by atoms with Gasteiger partial charge in [0.1, 0.15) is 5.01 Å². The van der Waals surface area contributed by atoms with Crippen LogP contribution >= 0.6 is 11.3 Å². The molecular weight excluding hydrogens is 260 g/mol. The molecule has 1 aliphatic rings. The minimum Gasteiger partial charge on any atom is -0.481 e. The van der Waals surface area contributed by atoms with Crippen LogP contribution in [0.1, 0.15) is 17.8 Å². The Bertz CT molecular complexity index is 563.